The molecule has 5 heteroatoms. The van der Waals surface area contributed by atoms with Crippen LogP contribution in [0.3, 0.4) is 0 Å². The van der Waals surface area contributed by atoms with E-state index in [4.69, 9.17) is 4.74 Å². The van der Waals surface area contributed by atoms with Crippen molar-refractivity contribution in [1.82, 2.24) is 15.1 Å². The number of rotatable bonds is 5. The fourth-order valence-electron chi connectivity index (χ4n) is 4.41. The van der Waals surface area contributed by atoms with E-state index in [1.54, 1.807) is 0 Å². The third-order valence-electron chi connectivity index (χ3n) is 6.09. The topological polar surface area (TPSA) is 40.1 Å². The average molecular weight is 339 g/mol. The van der Waals surface area contributed by atoms with E-state index in [1.165, 1.54) is 25.7 Å². The van der Waals surface area contributed by atoms with Gasteiger partial charge in [-0.3, -0.25) is 4.99 Å². The zero-order valence-electron chi connectivity index (χ0n) is 16.5. The number of ether oxygens (including phenoxy) is 1. The predicted octanol–water partition coefficient (Wildman–Crippen LogP) is 2.57. The second-order valence-corrected chi connectivity index (χ2v) is 8.22. The first-order chi connectivity index (χ1) is 11.4. The zero-order valence-corrected chi connectivity index (χ0v) is 16.5. The maximum Gasteiger partial charge on any atom is 0.193 e. The van der Waals surface area contributed by atoms with E-state index in [-0.39, 0.29) is 5.54 Å². The molecule has 2 fully saturated rings. The molecule has 2 aliphatic heterocycles. The molecule has 0 saturated carbocycles. The van der Waals surface area contributed by atoms with Crippen molar-refractivity contribution in [2.24, 2.45) is 10.4 Å². The van der Waals surface area contributed by atoms with Gasteiger partial charge in [0.05, 0.1) is 0 Å². The van der Waals surface area contributed by atoms with Gasteiger partial charge in [-0.2, -0.15) is 0 Å². The lowest BCUT2D eigenvalue weighted by Gasteiger charge is -2.45. The molecule has 0 amide bonds. The van der Waals surface area contributed by atoms with Crippen LogP contribution < -0.4 is 5.32 Å². The van der Waals surface area contributed by atoms with E-state index in [0.717, 1.165) is 51.6 Å². The van der Waals surface area contributed by atoms with E-state index >= 15 is 0 Å². The van der Waals surface area contributed by atoms with Crippen LogP contribution in [-0.2, 0) is 4.74 Å². The molecule has 2 heterocycles. The molecule has 1 atom stereocenters. The SMILES string of the molecule is CCCC1(C)CCCN(C(=NC)NCC2(N(C)C)CCOCC2)C1. The summed E-state index contributed by atoms with van der Waals surface area (Å²) in [6.07, 6.45) is 7.34. The number of aliphatic imine (C=N–C) groups is 1. The highest BCUT2D eigenvalue weighted by atomic mass is 16.5. The molecule has 0 spiro atoms. The molecule has 5 nitrogen and oxygen atoms in total. The lowest BCUT2D eigenvalue weighted by atomic mass is 9.78. The fraction of sp³-hybridized carbons (Fsp3) is 0.947. The number of likely N-dealkylation sites (N-methyl/N-ethyl adjacent to an activating group) is 1. The summed E-state index contributed by atoms with van der Waals surface area (Å²) < 4.78 is 5.58. The molecule has 2 saturated heterocycles. The number of nitrogens with zero attached hydrogens (tertiary/aromatic N) is 3. The number of hydrogen-bond donors (Lipinski definition) is 1. The number of guanidine groups is 1. The van der Waals surface area contributed by atoms with Gasteiger partial charge in [-0.25, -0.2) is 0 Å². The van der Waals surface area contributed by atoms with Crippen molar-refractivity contribution in [3.63, 3.8) is 0 Å². The Morgan fingerprint density at radius 1 is 1.25 bits per heavy atom. The van der Waals surface area contributed by atoms with Crippen molar-refractivity contribution in [2.75, 3.05) is 54.0 Å². The van der Waals surface area contributed by atoms with Gasteiger partial charge >= 0.3 is 0 Å². The van der Waals surface area contributed by atoms with Gasteiger partial charge in [0, 0.05) is 45.4 Å². The molecule has 1 unspecified atom stereocenters. The van der Waals surface area contributed by atoms with E-state index in [2.05, 4.69) is 48.1 Å². The van der Waals surface area contributed by atoms with Crippen LogP contribution in [0.5, 0.6) is 0 Å². The monoisotopic (exact) mass is 338 g/mol. The Hall–Kier alpha value is -0.810. The maximum atomic E-state index is 5.58. The smallest absolute Gasteiger partial charge is 0.193 e. The van der Waals surface area contributed by atoms with Crippen molar-refractivity contribution in [3.05, 3.63) is 0 Å². The number of piperidine rings is 1. The standard InChI is InChI=1S/C19H38N4O/c1-6-8-18(2)9-7-12-23(16-18)17(20-3)21-15-19(22(4)5)10-13-24-14-11-19/h6-16H2,1-5H3,(H,20,21). The third kappa shape index (κ3) is 4.63. The first-order valence-corrected chi connectivity index (χ1v) is 9.65. The minimum absolute atomic E-state index is 0.177. The van der Waals surface area contributed by atoms with Crippen LogP contribution in [0.4, 0.5) is 0 Å². The Bertz CT molecular complexity index is 414. The number of hydrogen-bond acceptors (Lipinski definition) is 3. The lowest BCUT2D eigenvalue weighted by Crippen LogP contribution is -2.58. The molecule has 1 N–H and O–H groups in total. The van der Waals surface area contributed by atoms with Crippen LogP contribution in [0, 0.1) is 5.41 Å². The van der Waals surface area contributed by atoms with Gasteiger partial charge in [-0.05, 0) is 51.6 Å². The fourth-order valence-corrected chi connectivity index (χ4v) is 4.41. The van der Waals surface area contributed by atoms with E-state index in [9.17, 15) is 0 Å². The molecule has 0 aromatic rings. The van der Waals surface area contributed by atoms with Gasteiger partial charge in [-0.15, -0.1) is 0 Å². The summed E-state index contributed by atoms with van der Waals surface area (Å²) in [6, 6.07) is 0. The maximum absolute atomic E-state index is 5.58. The molecular weight excluding hydrogens is 300 g/mol. The van der Waals surface area contributed by atoms with Crippen LogP contribution >= 0.6 is 0 Å². The summed E-state index contributed by atoms with van der Waals surface area (Å²) in [5.74, 6) is 1.07. The Labute approximate surface area is 148 Å². The van der Waals surface area contributed by atoms with Crippen molar-refractivity contribution in [2.45, 2.75) is 57.9 Å². The molecule has 2 rings (SSSR count). The number of nitrogens with one attached hydrogen (secondary N) is 1. The molecule has 140 valence electrons. The summed E-state index contributed by atoms with van der Waals surface area (Å²) >= 11 is 0. The summed E-state index contributed by atoms with van der Waals surface area (Å²) in [5, 5.41) is 3.69. The van der Waals surface area contributed by atoms with Crippen LogP contribution in [0.25, 0.3) is 0 Å². The molecule has 0 aromatic heterocycles. The van der Waals surface area contributed by atoms with Crippen molar-refractivity contribution < 1.29 is 4.74 Å². The van der Waals surface area contributed by atoms with Crippen molar-refractivity contribution >= 4 is 5.96 Å². The van der Waals surface area contributed by atoms with Gasteiger partial charge in [0.15, 0.2) is 5.96 Å². The molecular formula is C19H38N4O. The van der Waals surface area contributed by atoms with E-state index in [1.807, 2.05) is 7.05 Å². The van der Waals surface area contributed by atoms with Crippen molar-refractivity contribution in [3.8, 4) is 0 Å². The Morgan fingerprint density at radius 2 is 1.96 bits per heavy atom. The van der Waals surface area contributed by atoms with Gasteiger partial charge in [-0.1, -0.05) is 20.3 Å². The summed E-state index contributed by atoms with van der Waals surface area (Å²) in [7, 11) is 6.30. The Morgan fingerprint density at radius 3 is 2.54 bits per heavy atom. The summed E-state index contributed by atoms with van der Waals surface area (Å²) in [6.45, 7) is 9.64. The normalized spacial score (nSPS) is 28.2. The minimum atomic E-state index is 0.177. The number of likely N-dealkylation sites (tertiary alicyclic amines) is 1. The van der Waals surface area contributed by atoms with Gasteiger partial charge in [0.2, 0.25) is 0 Å². The van der Waals surface area contributed by atoms with Crippen molar-refractivity contribution in [1.29, 1.82) is 0 Å². The minimum Gasteiger partial charge on any atom is -0.381 e. The van der Waals surface area contributed by atoms with Gasteiger partial charge < -0.3 is 19.9 Å². The Kier molecular flexibility index (Phi) is 6.93. The molecule has 0 radical (unpaired) electrons. The predicted molar refractivity (Wildman–Crippen MR) is 102 cm³/mol. The van der Waals surface area contributed by atoms with Crippen LogP contribution in [0.2, 0.25) is 0 Å². The van der Waals surface area contributed by atoms with Crippen LogP contribution in [-0.4, -0.2) is 75.3 Å². The average Bonchev–Trinajstić information content (AvgIpc) is 2.56. The van der Waals surface area contributed by atoms with E-state index in [0.29, 0.717) is 5.41 Å². The molecule has 0 bridgehead atoms. The largest absolute Gasteiger partial charge is 0.381 e. The quantitative estimate of drug-likeness (QED) is 0.618. The van der Waals surface area contributed by atoms with Gasteiger partial charge in [0.25, 0.3) is 0 Å². The van der Waals surface area contributed by atoms with E-state index < -0.39 is 0 Å². The second kappa shape index (κ2) is 8.52. The highest BCUT2D eigenvalue weighted by molar-refractivity contribution is 5.80. The Balaban J connectivity index is 1.98. The second-order valence-electron chi connectivity index (χ2n) is 8.22. The van der Waals surface area contributed by atoms with Crippen LogP contribution in [0.15, 0.2) is 4.99 Å². The first kappa shape index (κ1) is 19.5. The van der Waals surface area contributed by atoms with Crippen LogP contribution in [0.1, 0.15) is 52.4 Å². The molecule has 2 aliphatic rings. The zero-order chi connectivity index (χ0) is 17.6. The van der Waals surface area contributed by atoms with Gasteiger partial charge in [0.1, 0.15) is 0 Å². The summed E-state index contributed by atoms with van der Waals surface area (Å²) in [5.41, 5.74) is 0.610. The summed E-state index contributed by atoms with van der Waals surface area (Å²) in [4.78, 5) is 9.44. The first-order valence-electron chi connectivity index (χ1n) is 9.65. The highest BCUT2D eigenvalue weighted by Crippen LogP contribution is 2.34. The third-order valence-corrected chi connectivity index (χ3v) is 6.09. The molecule has 0 aromatic carbocycles. The molecule has 24 heavy (non-hydrogen) atoms. The lowest BCUT2D eigenvalue weighted by molar-refractivity contribution is -0.00544. The highest BCUT2D eigenvalue weighted by Gasteiger charge is 2.36. The molecule has 0 aliphatic carbocycles.